The summed E-state index contributed by atoms with van der Waals surface area (Å²) in [5.74, 6) is 0.464. The Bertz CT molecular complexity index is 1390. The van der Waals surface area contributed by atoms with Crippen LogP contribution in [-0.2, 0) is 35.3 Å². The molecule has 0 radical (unpaired) electrons. The fourth-order valence-corrected chi connectivity index (χ4v) is 10.7. The standard InChI is InChI=1S/C41H60N4O4/c1-7-28-20-26(5)21-29(8-2)38(28)42-40(46)36-24-32-14-11-16-34(32)44(36,48)18-13-19-45(49)35-17-12-15-33(35)25-37(45)41(47)43-39-30(9-3)22-27(6)23-31(39)10-4/h20-23,32-37,48-49H,7-19,24-25H2,1-6H3/p+2/t32-,33-,34-,35-,36-,37-,44?,45?/m0/s1. The van der Waals surface area contributed by atoms with Gasteiger partial charge in [0.15, 0.2) is 12.1 Å². The number of nitrogens with one attached hydrogen (secondary N) is 2. The highest BCUT2D eigenvalue weighted by molar-refractivity contribution is 5.96. The van der Waals surface area contributed by atoms with Crippen LogP contribution in [0, 0.1) is 25.7 Å². The third-order valence-corrected chi connectivity index (χ3v) is 13.1. The Morgan fingerprint density at radius 1 is 0.633 bits per heavy atom. The molecule has 2 aromatic rings. The second kappa shape index (κ2) is 14.5. The Labute approximate surface area is 294 Å². The van der Waals surface area contributed by atoms with E-state index in [2.05, 4.69) is 76.4 Å². The van der Waals surface area contributed by atoms with Crippen LogP contribution in [0.5, 0.6) is 0 Å². The molecule has 0 aromatic heterocycles. The third kappa shape index (κ3) is 6.59. The van der Waals surface area contributed by atoms with Crippen molar-refractivity contribution in [1.82, 2.24) is 0 Å². The van der Waals surface area contributed by atoms with Crippen molar-refractivity contribution in [3.63, 3.8) is 0 Å². The first kappa shape index (κ1) is 36.0. The molecule has 0 bridgehead atoms. The lowest BCUT2D eigenvalue weighted by Crippen LogP contribution is -2.61. The molecular formula is C41H62N4O4+2. The van der Waals surface area contributed by atoms with Crippen LogP contribution in [0.4, 0.5) is 11.4 Å². The second-order valence-corrected chi connectivity index (χ2v) is 15.9. The molecule has 2 aromatic carbocycles. The van der Waals surface area contributed by atoms with Crippen molar-refractivity contribution in [2.45, 2.75) is 149 Å². The topological polar surface area (TPSA) is 98.7 Å². The highest BCUT2D eigenvalue weighted by atomic mass is 16.6. The van der Waals surface area contributed by atoms with Gasteiger partial charge >= 0.3 is 0 Å². The van der Waals surface area contributed by atoms with Gasteiger partial charge in [0.05, 0.1) is 6.42 Å². The van der Waals surface area contributed by atoms with E-state index in [1.165, 1.54) is 11.1 Å². The summed E-state index contributed by atoms with van der Waals surface area (Å²) in [7, 11) is 0. The quantitative estimate of drug-likeness (QED) is 0.173. The summed E-state index contributed by atoms with van der Waals surface area (Å²) < 4.78 is -0.501. The van der Waals surface area contributed by atoms with E-state index in [1.807, 2.05) is 0 Å². The number of benzene rings is 2. The Balaban J connectivity index is 1.21. The maximum absolute atomic E-state index is 14.2. The zero-order valence-corrected chi connectivity index (χ0v) is 31.0. The summed E-state index contributed by atoms with van der Waals surface area (Å²) >= 11 is 0. The van der Waals surface area contributed by atoms with Gasteiger partial charge in [0.2, 0.25) is 0 Å². The molecule has 49 heavy (non-hydrogen) atoms. The molecule has 4 fully saturated rings. The largest absolute Gasteiger partial charge is 0.320 e. The smallest absolute Gasteiger partial charge is 0.285 e. The Morgan fingerprint density at radius 2 is 0.980 bits per heavy atom. The molecule has 2 aliphatic heterocycles. The van der Waals surface area contributed by atoms with Crippen molar-refractivity contribution < 1.29 is 29.3 Å². The van der Waals surface area contributed by atoms with Gasteiger partial charge < -0.3 is 10.6 Å². The van der Waals surface area contributed by atoms with E-state index in [0.717, 1.165) is 97.8 Å². The number of likely N-dealkylation sites (tertiary alicyclic amines) is 2. The number of carbonyl (C=O) groups excluding carboxylic acids is 2. The number of rotatable bonds is 12. The lowest BCUT2D eigenvalue weighted by atomic mass is 9.98. The van der Waals surface area contributed by atoms with Crippen LogP contribution in [0.25, 0.3) is 0 Å². The highest BCUT2D eigenvalue weighted by Crippen LogP contribution is 2.48. The zero-order valence-electron chi connectivity index (χ0n) is 31.0. The first-order valence-corrected chi connectivity index (χ1v) is 19.5. The molecule has 0 spiro atoms. The van der Waals surface area contributed by atoms with Gasteiger partial charge in [-0.25, -0.2) is 10.4 Å². The third-order valence-electron chi connectivity index (χ3n) is 13.1. The van der Waals surface area contributed by atoms with Gasteiger partial charge in [-0.3, -0.25) is 9.59 Å². The van der Waals surface area contributed by atoms with Crippen LogP contribution in [0.1, 0.15) is 119 Å². The van der Waals surface area contributed by atoms with Crippen LogP contribution < -0.4 is 10.6 Å². The first-order valence-electron chi connectivity index (χ1n) is 19.5. The predicted molar refractivity (Wildman–Crippen MR) is 195 cm³/mol. The number of hydroxylamine groups is 6. The molecule has 2 saturated carbocycles. The van der Waals surface area contributed by atoms with Gasteiger partial charge in [-0.05, 0) is 87.5 Å². The molecule has 4 N–H and O–H groups in total. The van der Waals surface area contributed by atoms with Crippen LogP contribution >= 0.6 is 0 Å². The zero-order chi connectivity index (χ0) is 35.1. The fourth-order valence-electron chi connectivity index (χ4n) is 10.7. The van der Waals surface area contributed by atoms with Gasteiger partial charge in [-0.2, -0.15) is 9.29 Å². The highest BCUT2D eigenvalue weighted by Gasteiger charge is 2.62. The van der Waals surface area contributed by atoms with Gasteiger partial charge in [0.25, 0.3) is 11.8 Å². The van der Waals surface area contributed by atoms with Gasteiger partial charge in [0.1, 0.15) is 25.2 Å². The number of quaternary nitrogens is 2. The maximum atomic E-state index is 14.2. The van der Waals surface area contributed by atoms with Crippen molar-refractivity contribution >= 4 is 23.2 Å². The summed E-state index contributed by atoms with van der Waals surface area (Å²) in [6, 6.07) is 7.63. The van der Waals surface area contributed by atoms with Crippen molar-refractivity contribution in [3.05, 3.63) is 57.6 Å². The lowest BCUT2D eigenvalue weighted by molar-refractivity contribution is -1.14. The van der Waals surface area contributed by atoms with Crippen LogP contribution in [0.2, 0.25) is 0 Å². The Kier molecular flexibility index (Phi) is 10.6. The van der Waals surface area contributed by atoms with Crippen molar-refractivity contribution in [3.8, 4) is 0 Å². The number of amides is 2. The van der Waals surface area contributed by atoms with Gasteiger partial charge in [-0.1, -0.05) is 63.1 Å². The van der Waals surface area contributed by atoms with Crippen LogP contribution in [-0.4, -0.2) is 68.8 Å². The molecule has 2 heterocycles. The summed E-state index contributed by atoms with van der Waals surface area (Å²) in [5, 5.41) is 31.7. The average Bonchev–Trinajstić information content (AvgIpc) is 3.86. The van der Waals surface area contributed by atoms with Gasteiger partial charge in [-0.15, -0.1) is 0 Å². The lowest BCUT2D eigenvalue weighted by Gasteiger charge is -2.39. The Hall–Kier alpha value is -2.78. The van der Waals surface area contributed by atoms with E-state index in [4.69, 9.17) is 0 Å². The number of anilines is 2. The fraction of sp³-hybridized carbons (Fsp3) is 0.659. The number of fused-ring (bicyclic) bond motifs is 2. The monoisotopic (exact) mass is 674 g/mol. The van der Waals surface area contributed by atoms with E-state index < -0.39 is 12.1 Å². The second-order valence-electron chi connectivity index (χ2n) is 15.9. The van der Waals surface area contributed by atoms with Crippen LogP contribution in [0.3, 0.4) is 0 Å². The first-order chi connectivity index (χ1) is 23.5. The average molecular weight is 675 g/mol. The number of aryl methyl sites for hydroxylation is 6. The number of carbonyl (C=O) groups is 2. The van der Waals surface area contributed by atoms with Gasteiger partial charge in [0, 0.05) is 48.9 Å². The number of hydrogen-bond acceptors (Lipinski definition) is 4. The maximum Gasteiger partial charge on any atom is 0.285 e. The molecule has 2 saturated heterocycles. The van der Waals surface area contributed by atoms with Crippen molar-refractivity contribution in [2.24, 2.45) is 11.8 Å². The molecule has 8 nitrogen and oxygen atoms in total. The van der Waals surface area contributed by atoms with E-state index in [-0.39, 0.29) is 33.2 Å². The molecule has 2 aliphatic carbocycles. The minimum absolute atomic E-state index is 0.0376. The van der Waals surface area contributed by atoms with E-state index >= 15 is 0 Å². The molecule has 6 rings (SSSR count). The van der Waals surface area contributed by atoms with Crippen molar-refractivity contribution in [1.29, 1.82) is 0 Å². The predicted octanol–water partition coefficient (Wildman–Crippen LogP) is 7.81. The summed E-state index contributed by atoms with van der Waals surface area (Å²) in [6.07, 6.45) is 11.3. The minimum Gasteiger partial charge on any atom is -0.320 e. The molecule has 268 valence electrons. The normalized spacial score (nSPS) is 31.9. The SMILES string of the molecule is CCc1cc(C)cc(CC)c1NC(=O)[C@@H]1C[C@@H]2CCC[C@@H]2[N+]1(O)CCC[N+]1(O)[C@H](C(=O)Nc2c(CC)cc(C)cc2CC)C[C@@H]2CCC[C@@H]21. The van der Waals surface area contributed by atoms with E-state index in [9.17, 15) is 20.0 Å². The molecule has 8 heteroatoms. The van der Waals surface area contributed by atoms with E-state index in [1.54, 1.807) is 0 Å². The number of hydrogen-bond donors (Lipinski definition) is 4. The molecule has 8 atom stereocenters. The minimum atomic E-state index is -0.545. The van der Waals surface area contributed by atoms with Crippen LogP contribution in [0.15, 0.2) is 24.3 Å². The molecule has 4 aliphatic rings. The van der Waals surface area contributed by atoms with E-state index in [0.29, 0.717) is 44.2 Å². The Morgan fingerprint density at radius 3 is 1.31 bits per heavy atom. The summed E-state index contributed by atoms with van der Waals surface area (Å²) in [4.78, 5) is 28.3. The number of nitrogens with zero attached hydrogens (tertiary/aromatic N) is 2. The molecule has 2 unspecified atom stereocenters. The summed E-state index contributed by atoms with van der Waals surface area (Å²) in [6.45, 7) is 13.5. The summed E-state index contributed by atoms with van der Waals surface area (Å²) in [5.41, 5.74) is 8.77. The molecule has 2 amide bonds. The van der Waals surface area contributed by atoms with Crippen molar-refractivity contribution in [2.75, 3.05) is 23.7 Å². The molecular weight excluding hydrogens is 612 g/mol.